The van der Waals surface area contributed by atoms with Gasteiger partial charge in [0.05, 0.1) is 0 Å². The SMILES string of the molecule is CC(C1CCN(Cc2ccc(Cl)cc2F)CC1)N1CCN(C)CC1. The molecule has 1 atom stereocenters. The van der Waals surface area contributed by atoms with Gasteiger partial charge in [0.15, 0.2) is 0 Å². The molecule has 3 nitrogen and oxygen atoms in total. The van der Waals surface area contributed by atoms with Crippen molar-refractivity contribution in [3.05, 3.63) is 34.6 Å². The quantitative estimate of drug-likeness (QED) is 0.822. The first-order chi connectivity index (χ1) is 11.5. The Kier molecular flexibility index (Phi) is 6.14. The highest BCUT2D eigenvalue weighted by Crippen LogP contribution is 2.26. The molecular formula is C19H29ClFN3. The van der Waals surface area contributed by atoms with Gasteiger partial charge in [0.25, 0.3) is 0 Å². The molecule has 0 spiro atoms. The van der Waals surface area contributed by atoms with E-state index in [1.54, 1.807) is 6.07 Å². The van der Waals surface area contributed by atoms with E-state index in [0.29, 0.717) is 17.6 Å². The predicted octanol–water partition coefficient (Wildman–Crippen LogP) is 3.33. The highest BCUT2D eigenvalue weighted by atomic mass is 35.5. The molecule has 2 saturated heterocycles. The Hall–Kier alpha value is -0.680. The number of halogens is 2. The van der Waals surface area contributed by atoms with Crippen LogP contribution in [0, 0.1) is 11.7 Å². The van der Waals surface area contributed by atoms with Crippen molar-refractivity contribution < 1.29 is 4.39 Å². The van der Waals surface area contributed by atoms with Gasteiger partial charge in [-0.25, -0.2) is 4.39 Å². The summed E-state index contributed by atoms with van der Waals surface area (Å²) in [5, 5.41) is 0.468. The van der Waals surface area contributed by atoms with Crippen LogP contribution in [0.15, 0.2) is 18.2 Å². The van der Waals surface area contributed by atoms with Gasteiger partial charge < -0.3 is 4.90 Å². The van der Waals surface area contributed by atoms with Gasteiger partial charge in [-0.1, -0.05) is 17.7 Å². The lowest BCUT2D eigenvalue weighted by Crippen LogP contribution is -2.51. The minimum absolute atomic E-state index is 0.185. The van der Waals surface area contributed by atoms with Gasteiger partial charge in [-0.15, -0.1) is 0 Å². The van der Waals surface area contributed by atoms with E-state index in [1.165, 1.54) is 45.1 Å². The first-order valence-corrected chi connectivity index (χ1v) is 9.49. The van der Waals surface area contributed by atoms with Crippen molar-refractivity contribution in [1.29, 1.82) is 0 Å². The molecule has 2 heterocycles. The first kappa shape index (κ1) is 18.1. The van der Waals surface area contributed by atoms with Crippen LogP contribution in [0.25, 0.3) is 0 Å². The second kappa shape index (κ2) is 8.13. The van der Waals surface area contributed by atoms with Crippen LogP contribution in [-0.2, 0) is 6.54 Å². The number of hydrogen-bond acceptors (Lipinski definition) is 3. The molecule has 0 aliphatic carbocycles. The van der Waals surface area contributed by atoms with Crippen molar-refractivity contribution in [2.24, 2.45) is 5.92 Å². The molecule has 3 rings (SSSR count). The van der Waals surface area contributed by atoms with Crippen LogP contribution in [0.4, 0.5) is 4.39 Å². The smallest absolute Gasteiger partial charge is 0.129 e. The summed E-state index contributed by atoms with van der Waals surface area (Å²) in [5.74, 6) is 0.579. The summed E-state index contributed by atoms with van der Waals surface area (Å²) in [6, 6.07) is 5.67. The fourth-order valence-electron chi connectivity index (χ4n) is 4.01. The summed E-state index contributed by atoms with van der Waals surface area (Å²) in [4.78, 5) is 7.44. The summed E-state index contributed by atoms with van der Waals surface area (Å²) in [5.41, 5.74) is 0.755. The van der Waals surface area contributed by atoms with Crippen molar-refractivity contribution in [2.45, 2.75) is 32.4 Å². The topological polar surface area (TPSA) is 9.72 Å². The Morgan fingerprint density at radius 2 is 1.79 bits per heavy atom. The van der Waals surface area contributed by atoms with Crippen LogP contribution >= 0.6 is 11.6 Å². The molecule has 2 aliphatic rings. The van der Waals surface area contributed by atoms with E-state index in [0.717, 1.165) is 24.6 Å². The van der Waals surface area contributed by atoms with Crippen molar-refractivity contribution in [3.63, 3.8) is 0 Å². The Bertz CT molecular complexity index is 537. The van der Waals surface area contributed by atoms with Crippen molar-refractivity contribution in [3.8, 4) is 0 Å². The van der Waals surface area contributed by atoms with Crippen LogP contribution in [-0.4, -0.2) is 67.1 Å². The van der Waals surface area contributed by atoms with Crippen LogP contribution in [0.5, 0.6) is 0 Å². The second-order valence-corrected chi connectivity index (χ2v) is 7.87. The Morgan fingerprint density at radius 3 is 2.42 bits per heavy atom. The van der Waals surface area contributed by atoms with E-state index in [-0.39, 0.29) is 5.82 Å². The fourth-order valence-corrected chi connectivity index (χ4v) is 4.17. The van der Waals surface area contributed by atoms with Crippen molar-refractivity contribution in [1.82, 2.24) is 14.7 Å². The van der Waals surface area contributed by atoms with Crippen LogP contribution in [0.3, 0.4) is 0 Å². The zero-order chi connectivity index (χ0) is 17.1. The molecule has 5 heteroatoms. The summed E-state index contributed by atoms with van der Waals surface area (Å²) in [6.45, 7) is 9.94. The number of rotatable bonds is 4. The van der Waals surface area contributed by atoms with E-state index in [2.05, 4.69) is 28.7 Å². The summed E-state index contributed by atoms with van der Waals surface area (Å²) in [7, 11) is 2.20. The number of piperidine rings is 1. The van der Waals surface area contributed by atoms with E-state index in [9.17, 15) is 4.39 Å². The fraction of sp³-hybridized carbons (Fsp3) is 0.684. The molecule has 0 saturated carbocycles. The molecule has 2 fully saturated rings. The normalized spacial score (nSPS) is 23.5. The first-order valence-electron chi connectivity index (χ1n) is 9.12. The van der Waals surface area contributed by atoms with Gasteiger partial charge in [0, 0.05) is 49.4 Å². The third kappa shape index (κ3) is 4.48. The zero-order valence-electron chi connectivity index (χ0n) is 14.8. The largest absolute Gasteiger partial charge is 0.304 e. The molecule has 134 valence electrons. The lowest BCUT2D eigenvalue weighted by Gasteiger charge is -2.42. The van der Waals surface area contributed by atoms with Crippen LogP contribution < -0.4 is 0 Å². The summed E-state index contributed by atoms with van der Waals surface area (Å²) >= 11 is 5.84. The molecule has 0 bridgehead atoms. The predicted molar refractivity (Wildman–Crippen MR) is 97.9 cm³/mol. The third-order valence-corrected chi connectivity index (χ3v) is 6.07. The number of benzene rings is 1. The molecule has 1 aromatic carbocycles. The highest BCUT2D eigenvalue weighted by molar-refractivity contribution is 6.30. The molecular weight excluding hydrogens is 325 g/mol. The Balaban J connectivity index is 1.48. The molecule has 24 heavy (non-hydrogen) atoms. The van der Waals surface area contributed by atoms with Gasteiger partial charge >= 0.3 is 0 Å². The molecule has 2 aliphatic heterocycles. The van der Waals surface area contributed by atoms with Gasteiger partial charge in [0.1, 0.15) is 5.82 Å². The summed E-state index contributed by atoms with van der Waals surface area (Å²) < 4.78 is 14.0. The second-order valence-electron chi connectivity index (χ2n) is 7.43. The minimum Gasteiger partial charge on any atom is -0.304 e. The number of piperazine rings is 1. The molecule has 0 radical (unpaired) electrons. The van der Waals surface area contributed by atoms with E-state index < -0.39 is 0 Å². The van der Waals surface area contributed by atoms with E-state index >= 15 is 0 Å². The highest BCUT2D eigenvalue weighted by Gasteiger charge is 2.29. The molecule has 0 N–H and O–H groups in total. The molecule has 1 aromatic rings. The Labute approximate surface area is 150 Å². The van der Waals surface area contributed by atoms with Gasteiger partial charge in [-0.3, -0.25) is 9.80 Å². The minimum atomic E-state index is -0.185. The average molecular weight is 354 g/mol. The van der Waals surface area contributed by atoms with E-state index in [1.807, 2.05) is 6.07 Å². The monoisotopic (exact) mass is 353 g/mol. The molecule has 0 amide bonds. The maximum Gasteiger partial charge on any atom is 0.129 e. The number of nitrogens with zero attached hydrogens (tertiary/aromatic N) is 3. The Morgan fingerprint density at radius 1 is 1.12 bits per heavy atom. The molecule has 1 unspecified atom stereocenters. The maximum atomic E-state index is 14.0. The zero-order valence-corrected chi connectivity index (χ0v) is 15.6. The average Bonchev–Trinajstić information content (AvgIpc) is 2.58. The third-order valence-electron chi connectivity index (χ3n) is 5.84. The van der Waals surface area contributed by atoms with Gasteiger partial charge in [-0.05, 0) is 58.0 Å². The lowest BCUT2D eigenvalue weighted by molar-refractivity contribution is 0.0596. The number of likely N-dealkylation sites (tertiary alicyclic amines) is 1. The van der Waals surface area contributed by atoms with Crippen LogP contribution in [0.1, 0.15) is 25.3 Å². The van der Waals surface area contributed by atoms with Gasteiger partial charge in [-0.2, -0.15) is 0 Å². The lowest BCUT2D eigenvalue weighted by atomic mass is 9.89. The number of hydrogen-bond donors (Lipinski definition) is 0. The van der Waals surface area contributed by atoms with Crippen molar-refractivity contribution in [2.75, 3.05) is 46.3 Å². The van der Waals surface area contributed by atoms with Crippen molar-refractivity contribution >= 4 is 11.6 Å². The van der Waals surface area contributed by atoms with Gasteiger partial charge in [0.2, 0.25) is 0 Å². The number of likely N-dealkylation sites (N-methyl/N-ethyl adjacent to an activating group) is 1. The van der Waals surface area contributed by atoms with Crippen LogP contribution in [0.2, 0.25) is 5.02 Å². The maximum absolute atomic E-state index is 14.0. The van der Waals surface area contributed by atoms with E-state index in [4.69, 9.17) is 11.6 Å². The summed E-state index contributed by atoms with van der Waals surface area (Å²) in [6.07, 6.45) is 2.42. The molecule has 0 aromatic heterocycles. The standard InChI is InChI=1S/C19H29ClFN3/c1-15(24-11-9-22(2)10-12-24)16-5-7-23(8-6-16)14-17-3-4-18(20)13-19(17)21/h3-4,13,15-16H,5-12,14H2,1-2H3.